The molecule has 0 aliphatic rings. The van der Waals surface area contributed by atoms with Crippen LogP contribution < -0.4 is 4.74 Å². The topological polar surface area (TPSA) is 103 Å². The number of ether oxygens (including phenoxy) is 1. The quantitative estimate of drug-likeness (QED) is 0.686. The van der Waals surface area contributed by atoms with Crippen molar-refractivity contribution < 1.29 is 24.0 Å². The van der Waals surface area contributed by atoms with E-state index >= 15 is 0 Å². The minimum absolute atomic E-state index is 0.102. The molecule has 9 heteroatoms. The molecular weight excluding hydrogens is 307 g/mol. The third kappa shape index (κ3) is 3.06. The van der Waals surface area contributed by atoms with Crippen LogP contribution in [-0.2, 0) is 0 Å². The maximum Gasteiger partial charge on any atom is 0.337 e. The molecule has 0 unspecified atom stereocenters. The molecule has 2 rings (SSSR count). The van der Waals surface area contributed by atoms with E-state index in [0.717, 1.165) is 24.4 Å². The maximum absolute atomic E-state index is 13.4. The highest BCUT2D eigenvalue weighted by molar-refractivity contribution is 6.34. The first kappa shape index (κ1) is 14.7. The van der Waals surface area contributed by atoms with Crippen molar-refractivity contribution in [3.8, 4) is 11.6 Å². The summed E-state index contributed by atoms with van der Waals surface area (Å²) in [5, 5.41) is 19.1. The van der Waals surface area contributed by atoms with E-state index in [2.05, 4.69) is 4.98 Å². The third-order valence-corrected chi connectivity index (χ3v) is 2.78. The van der Waals surface area contributed by atoms with Gasteiger partial charge in [0.05, 0.1) is 10.5 Å². The van der Waals surface area contributed by atoms with Crippen LogP contribution in [0.5, 0.6) is 11.6 Å². The van der Waals surface area contributed by atoms with Crippen molar-refractivity contribution in [2.24, 2.45) is 0 Å². The highest BCUT2D eigenvalue weighted by Crippen LogP contribution is 2.31. The summed E-state index contributed by atoms with van der Waals surface area (Å²) in [5.74, 6) is -2.72. The molecule has 1 aromatic carbocycles. The van der Waals surface area contributed by atoms with E-state index in [1.165, 1.54) is 6.07 Å². The van der Waals surface area contributed by atoms with Gasteiger partial charge in [0.15, 0.2) is 0 Å². The summed E-state index contributed by atoms with van der Waals surface area (Å²) in [7, 11) is 0. The highest BCUT2D eigenvalue weighted by Gasteiger charge is 2.18. The molecule has 0 spiro atoms. The third-order valence-electron chi connectivity index (χ3n) is 2.42. The van der Waals surface area contributed by atoms with Crippen molar-refractivity contribution in [1.82, 2.24) is 4.98 Å². The maximum atomic E-state index is 13.4. The van der Waals surface area contributed by atoms with Gasteiger partial charge in [0, 0.05) is 18.3 Å². The molecule has 1 heterocycles. The molecule has 0 radical (unpaired) electrons. The van der Waals surface area contributed by atoms with Crippen molar-refractivity contribution in [1.29, 1.82) is 0 Å². The van der Waals surface area contributed by atoms with Gasteiger partial charge in [-0.1, -0.05) is 11.6 Å². The minimum Gasteiger partial charge on any atom is -0.478 e. The molecule has 0 aliphatic heterocycles. The molecule has 0 saturated carbocycles. The van der Waals surface area contributed by atoms with E-state index < -0.39 is 22.4 Å². The monoisotopic (exact) mass is 312 g/mol. The average molecular weight is 313 g/mol. The predicted molar refractivity (Wildman–Crippen MR) is 69.3 cm³/mol. The van der Waals surface area contributed by atoms with E-state index in [0.29, 0.717) is 0 Å². The molecule has 21 heavy (non-hydrogen) atoms. The lowest BCUT2D eigenvalue weighted by molar-refractivity contribution is -0.387. The Bertz CT molecular complexity index is 738. The van der Waals surface area contributed by atoms with Crippen molar-refractivity contribution in [2.75, 3.05) is 0 Å². The predicted octanol–water partition coefficient (Wildman–Crippen LogP) is 3.27. The van der Waals surface area contributed by atoms with Crippen LogP contribution >= 0.6 is 11.6 Å². The van der Waals surface area contributed by atoms with Crippen LogP contribution in [0.15, 0.2) is 30.5 Å². The number of hydrogen-bond donors (Lipinski definition) is 1. The molecule has 2 aromatic rings. The first-order chi connectivity index (χ1) is 9.90. The number of nitro groups is 1. The summed E-state index contributed by atoms with van der Waals surface area (Å²) in [5.41, 5.74) is -0.940. The molecule has 0 fully saturated rings. The number of carboxylic acids is 1. The molecule has 1 N–H and O–H groups in total. The van der Waals surface area contributed by atoms with Crippen LogP contribution in [0.3, 0.4) is 0 Å². The standard InChI is InChI=1S/C12H6ClFN2O5/c13-10-7(12(17)18)3-4-15-11(10)21-6-1-2-9(16(19)20)8(14)5-6/h1-5H,(H,17,18). The van der Waals surface area contributed by atoms with E-state index in [1.54, 1.807) is 0 Å². The van der Waals surface area contributed by atoms with Gasteiger partial charge >= 0.3 is 11.7 Å². The molecule has 0 bridgehead atoms. The van der Waals surface area contributed by atoms with Crippen LogP contribution in [-0.4, -0.2) is 21.0 Å². The van der Waals surface area contributed by atoms with Crippen LogP contribution in [0.1, 0.15) is 10.4 Å². The van der Waals surface area contributed by atoms with Gasteiger partial charge in [0.1, 0.15) is 10.8 Å². The van der Waals surface area contributed by atoms with E-state index in [-0.39, 0.29) is 22.2 Å². The van der Waals surface area contributed by atoms with E-state index in [4.69, 9.17) is 21.4 Å². The van der Waals surface area contributed by atoms with Crippen LogP contribution in [0, 0.1) is 15.9 Å². The zero-order valence-electron chi connectivity index (χ0n) is 10.1. The van der Waals surface area contributed by atoms with Crippen molar-refractivity contribution in [3.05, 3.63) is 57.0 Å². The number of carbonyl (C=O) groups is 1. The number of nitro benzene ring substituents is 1. The second-order valence-electron chi connectivity index (χ2n) is 3.76. The molecule has 7 nitrogen and oxygen atoms in total. The molecular formula is C12H6ClFN2O5. The Morgan fingerprint density at radius 3 is 2.71 bits per heavy atom. The first-order valence-corrected chi connectivity index (χ1v) is 5.77. The second-order valence-corrected chi connectivity index (χ2v) is 4.13. The van der Waals surface area contributed by atoms with E-state index in [9.17, 15) is 19.3 Å². The number of rotatable bonds is 4. The number of pyridine rings is 1. The zero-order chi connectivity index (χ0) is 15.6. The lowest BCUT2D eigenvalue weighted by Gasteiger charge is -2.07. The van der Waals surface area contributed by atoms with Gasteiger partial charge in [-0.3, -0.25) is 10.1 Å². The number of benzene rings is 1. The summed E-state index contributed by atoms with van der Waals surface area (Å²) < 4.78 is 18.6. The minimum atomic E-state index is -1.28. The van der Waals surface area contributed by atoms with Crippen molar-refractivity contribution in [2.45, 2.75) is 0 Å². The first-order valence-electron chi connectivity index (χ1n) is 5.39. The molecule has 1 aromatic heterocycles. The Morgan fingerprint density at radius 2 is 2.14 bits per heavy atom. The van der Waals surface area contributed by atoms with Crippen LogP contribution in [0.25, 0.3) is 0 Å². The fraction of sp³-hybridized carbons (Fsp3) is 0. The lowest BCUT2D eigenvalue weighted by Crippen LogP contribution is -2.00. The zero-order valence-corrected chi connectivity index (χ0v) is 10.9. The largest absolute Gasteiger partial charge is 0.478 e. The van der Waals surface area contributed by atoms with Crippen LogP contribution in [0.4, 0.5) is 10.1 Å². The number of halogens is 2. The Hall–Kier alpha value is -2.74. The number of aromatic carboxylic acids is 1. The Balaban J connectivity index is 2.35. The van der Waals surface area contributed by atoms with Crippen molar-refractivity contribution >= 4 is 23.3 Å². The SMILES string of the molecule is O=C(O)c1ccnc(Oc2ccc([N+](=O)[O-])c(F)c2)c1Cl. The number of aromatic nitrogens is 1. The summed E-state index contributed by atoms with van der Waals surface area (Å²) in [6.45, 7) is 0. The summed E-state index contributed by atoms with van der Waals surface area (Å²) in [6.07, 6.45) is 1.16. The smallest absolute Gasteiger partial charge is 0.337 e. The molecule has 108 valence electrons. The van der Waals surface area contributed by atoms with Gasteiger partial charge in [-0.25, -0.2) is 9.78 Å². The summed E-state index contributed by atoms with van der Waals surface area (Å²) in [6, 6.07) is 4.02. The van der Waals surface area contributed by atoms with Gasteiger partial charge in [0.25, 0.3) is 0 Å². The molecule has 0 atom stereocenters. The number of carboxylic acid groups (broad SMARTS) is 1. The summed E-state index contributed by atoms with van der Waals surface area (Å²) >= 11 is 5.80. The van der Waals surface area contributed by atoms with Gasteiger partial charge in [0.2, 0.25) is 11.7 Å². The fourth-order valence-electron chi connectivity index (χ4n) is 1.47. The second kappa shape index (κ2) is 5.71. The highest BCUT2D eigenvalue weighted by atomic mass is 35.5. The lowest BCUT2D eigenvalue weighted by atomic mass is 10.2. The molecule has 0 amide bonds. The average Bonchev–Trinajstić information content (AvgIpc) is 2.40. The van der Waals surface area contributed by atoms with E-state index in [1.807, 2.05) is 0 Å². The van der Waals surface area contributed by atoms with Gasteiger partial charge in [-0.15, -0.1) is 0 Å². The Labute approximate surface area is 121 Å². The Kier molecular flexibility index (Phi) is 3.99. The molecule has 0 saturated heterocycles. The van der Waals surface area contributed by atoms with Gasteiger partial charge < -0.3 is 9.84 Å². The van der Waals surface area contributed by atoms with Crippen LogP contribution in [0.2, 0.25) is 5.02 Å². The summed E-state index contributed by atoms with van der Waals surface area (Å²) in [4.78, 5) is 24.2. The normalized spacial score (nSPS) is 10.2. The fourth-order valence-corrected chi connectivity index (χ4v) is 1.70. The van der Waals surface area contributed by atoms with Crippen molar-refractivity contribution in [3.63, 3.8) is 0 Å². The molecule has 0 aliphatic carbocycles. The number of nitrogens with zero attached hydrogens (tertiary/aromatic N) is 2. The van der Waals surface area contributed by atoms with Gasteiger partial charge in [-0.2, -0.15) is 4.39 Å². The number of hydrogen-bond acceptors (Lipinski definition) is 5. The Morgan fingerprint density at radius 1 is 1.43 bits per heavy atom. The van der Waals surface area contributed by atoms with Gasteiger partial charge in [-0.05, 0) is 12.1 Å².